The van der Waals surface area contributed by atoms with Gasteiger partial charge in [0, 0.05) is 17.8 Å². The molecule has 0 spiro atoms. The third kappa shape index (κ3) is 2.84. The number of carbonyl (C=O) groups excluding carboxylic acids is 1. The maximum absolute atomic E-state index is 12.3. The lowest BCUT2D eigenvalue weighted by molar-refractivity contribution is 0.0770. The first-order chi connectivity index (χ1) is 8.61. The van der Waals surface area contributed by atoms with Gasteiger partial charge in [-0.05, 0) is 43.4 Å². The molecule has 1 aliphatic rings. The van der Waals surface area contributed by atoms with Crippen molar-refractivity contribution < 1.29 is 4.79 Å². The van der Waals surface area contributed by atoms with E-state index in [2.05, 4.69) is 5.92 Å². The number of benzene rings is 1. The van der Waals surface area contributed by atoms with E-state index in [0.29, 0.717) is 23.7 Å². The number of nitrogen functional groups attached to an aromatic ring is 1. The Balaban J connectivity index is 2.15. The molecule has 18 heavy (non-hydrogen) atoms. The predicted octanol–water partition coefficient (Wildman–Crippen LogP) is 2.06. The zero-order valence-corrected chi connectivity index (χ0v) is 10.6. The zero-order chi connectivity index (χ0) is 13.1. The van der Waals surface area contributed by atoms with Gasteiger partial charge in [0.05, 0.1) is 6.54 Å². The maximum Gasteiger partial charge on any atom is 0.254 e. The van der Waals surface area contributed by atoms with Gasteiger partial charge in [0.25, 0.3) is 5.91 Å². The van der Waals surface area contributed by atoms with Crippen molar-refractivity contribution in [2.75, 3.05) is 18.8 Å². The van der Waals surface area contributed by atoms with Crippen LogP contribution in [0.2, 0.25) is 0 Å². The Labute approximate surface area is 108 Å². The first-order valence-electron chi connectivity index (χ1n) is 6.20. The first kappa shape index (κ1) is 12.5. The lowest BCUT2D eigenvalue weighted by Gasteiger charge is -2.20. The van der Waals surface area contributed by atoms with Gasteiger partial charge in [0.1, 0.15) is 0 Å². The number of hydrogen-bond acceptors (Lipinski definition) is 2. The van der Waals surface area contributed by atoms with E-state index < -0.39 is 0 Å². The number of carbonyl (C=O) groups is 1. The number of aryl methyl sites for hydroxylation is 1. The average Bonchev–Trinajstić information content (AvgIpc) is 3.15. The van der Waals surface area contributed by atoms with E-state index in [4.69, 9.17) is 12.2 Å². The minimum atomic E-state index is -0.0217. The van der Waals surface area contributed by atoms with Crippen molar-refractivity contribution in [2.45, 2.75) is 19.8 Å². The Morgan fingerprint density at radius 3 is 2.83 bits per heavy atom. The maximum atomic E-state index is 12.3. The van der Waals surface area contributed by atoms with Crippen LogP contribution in [0.4, 0.5) is 5.69 Å². The van der Waals surface area contributed by atoms with Crippen LogP contribution in [-0.4, -0.2) is 23.9 Å². The molecule has 1 aliphatic carbocycles. The number of rotatable bonds is 4. The highest BCUT2D eigenvalue weighted by atomic mass is 16.2. The lowest BCUT2D eigenvalue weighted by atomic mass is 10.1. The predicted molar refractivity (Wildman–Crippen MR) is 73.1 cm³/mol. The summed E-state index contributed by atoms with van der Waals surface area (Å²) in [6.45, 7) is 3.05. The highest BCUT2D eigenvalue weighted by Gasteiger charge is 2.26. The molecule has 94 valence electrons. The van der Waals surface area contributed by atoms with Crippen LogP contribution >= 0.6 is 0 Å². The van der Waals surface area contributed by atoms with Gasteiger partial charge in [0.15, 0.2) is 0 Å². The third-order valence-electron chi connectivity index (χ3n) is 3.27. The molecule has 1 aromatic carbocycles. The zero-order valence-electron chi connectivity index (χ0n) is 10.6. The summed E-state index contributed by atoms with van der Waals surface area (Å²) in [7, 11) is 0. The molecule has 0 bridgehead atoms. The molecule has 1 fully saturated rings. The first-order valence-corrected chi connectivity index (χ1v) is 6.20. The molecule has 1 amide bonds. The molecule has 3 heteroatoms. The minimum Gasteiger partial charge on any atom is -0.398 e. The molecule has 3 nitrogen and oxygen atoms in total. The van der Waals surface area contributed by atoms with E-state index in [1.54, 1.807) is 11.0 Å². The molecule has 0 aromatic heterocycles. The van der Waals surface area contributed by atoms with Crippen molar-refractivity contribution in [1.82, 2.24) is 4.90 Å². The minimum absolute atomic E-state index is 0.0217. The van der Waals surface area contributed by atoms with Crippen LogP contribution in [0.25, 0.3) is 0 Å². The number of nitrogens with zero attached hydrogens (tertiary/aromatic N) is 1. The highest BCUT2D eigenvalue weighted by Crippen LogP contribution is 2.30. The van der Waals surface area contributed by atoms with E-state index in [-0.39, 0.29) is 5.91 Å². The van der Waals surface area contributed by atoms with Crippen LogP contribution in [-0.2, 0) is 0 Å². The number of nitrogens with two attached hydrogens (primary N) is 1. The molecule has 0 atom stereocenters. The van der Waals surface area contributed by atoms with E-state index in [0.717, 1.165) is 12.1 Å². The molecular weight excluding hydrogens is 224 g/mol. The molecule has 0 saturated heterocycles. The van der Waals surface area contributed by atoms with Gasteiger partial charge < -0.3 is 10.6 Å². The molecule has 0 heterocycles. The summed E-state index contributed by atoms with van der Waals surface area (Å²) in [6.07, 6.45) is 7.72. The lowest BCUT2D eigenvalue weighted by Crippen LogP contribution is -2.33. The van der Waals surface area contributed by atoms with Crippen molar-refractivity contribution in [3.8, 4) is 12.3 Å². The Morgan fingerprint density at radius 2 is 2.28 bits per heavy atom. The second-order valence-corrected chi connectivity index (χ2v) is 4.90. The van der Waals surface area contributed by atoms with Crippen LogP contribution in [0, 0.1) is 25.2 Å². The molecule has 1 saturated carbocycles. The third-order valence-corrected chi connectivity index (χ3v) is 3.27. The van der Waals surface area contributed by atoms with Crippen molar-refractivity contribution in [2.24, 2.45) is 5.92 Å². The van der Waals surface area contributed by atoms with Crippen molar-refractivity contribution in [3.05, 3.63) is 29.3 Å². The highest BCUT2D eigenvalue weighted by molar-refractivity contribution is 5.95. The quantitative estimate of drug-likeness (QED) is 0.649. The van der Waals surface area contributed by atoms with Crippen LogP contribution in [0.3, 0.4) is 0 Å². The van der Waals surface area contributed by atoms with Crippen molar-refractivity contribution in [1.29, 1.82) is 0 Å². The second kappa shape index (κ2) is 5.14. The molecule has 1 aromatic rings. The molecular formula is C15H18N2O. The van der Waals surface area contributed by atoms with E-state index in [1.165, 1.54) is 12.8 Å². The summed E-state index contributed by atoms with van der Waals surface area (Å²) in [6, 6.07) is 5.41. The number of amides is 1. The van der Waals surface area contributed by atoms with Gasteiger partial charge >= 0.3 is 0 Å². The fraction of sp³-hybridized carbons (Fsp3) is 0.400. The summed E-state index contributed by atoms with van der Waals surface area (Å²) in [5.41, 5.74) is 8.08. The van der Waals surface area contributed by atoms with Crippen LogP contribution in [0.5, 0.6) is 0 Å². The standard InChI is InChI=1S/C15H18N2O/c1-3-8-17(10-12-5-6-12)15(18)13-7-4-11(2)14(16)9-13/h1,4,7,9,12H,5-6,8,10,16H2,2H3. The molecule has 0 radical (unpaired) electrons. The Bertz CT molecular complexity index is 498. The van der Waals surface area contributed by atoms with Crippen molar-refractivity contribution >= 4 is 11.6 Å². The summed E-state index contributed by atoms with van der Waals surface area (Å²) in [4.78, 5) is 14.1. The SMILES string of the molecule is C#CCN(CC1CC1)C(=O)c1ccc(C)c(N)c1. The summed E-state index contributed by atoms with van der Waals surface area (Å²) in [5, 5.41) is 0. The summed E-state index contributed by atoms with van der Waals surface area (Å²) in [5.74, 6) is 3.16. The Morgan fingerprint density at radius 1 is 1.56 bits per heavy atom. The molecule has 2 N–H and O–H groups in total. The Hall–Kier alpha value is -1.95. The normalized spacial score (nSPS) is 14.0. The van der Waals surface area contributed by atoms with Gasteiger partial charge in [-0.2, -0.15) is 0 Å². The van der Waals surface area contributed by atoms with Gasteiger partial charge in [-0.25, -0.2) is 0 Å². The van der Waals surface area contributed by atoms with Crippen LogP contribution < -0.4 is 5.73 Å². The van der Waals surface area contributed by atoms with Crippen LogP contribution in [0.1, 0.15) is 28.8 Å². The molecule has 0 aliphatic heterocycles. The topological polar surface area (TPSA) is 46.3 Å². The number of anilines is 1. The monoisotopic (exact) mass is 242 g/mol. The fourth-order valence-electron chi connectivity index (χ4n) is 1.90. The Kier molecular flexibility index (Phi) is 3.57. The van der Waals surface area contributed by atoms with Crippen LogP contribution in [0.15, 0.2) is 18.2 Å². The molecule has 2 rings (SSSR count). The number of terminal acetylenes is 1. The van der Waals surface area contributed by atoms with E-state index >= 15 is 0 Å². The van der Waals surface area contributed by atoms with E-state index in [1.807, 2.05) is 19.1 Å². The van der Waals surface area contributed by atoms with Gasteiger partial charge in [-0.3, -0.25) is 4.79 Å². The van der Waals surface area contributed by atoms with Gasteiger partial charge in [-0.15, -0.1) is 6.42 Å². The summed E-state index contributed by atoms with van der Waals surface area (Å²) >= 11 is 0. The summed E-state index contributed by atoms with van der Waals surface area (Å²) < 4.78 is 0. The van der Waals surface area contributed by atoms with Gasteiger partial charge in [-0.1, -0.05) is 12.0 Å². The van der Waals surface area contributed by atoms with Crippen molar-refractivity contribution in [3.63, 3.8) is 0 Å². The second-order valence-electron chi connectivity index (χ2n) is 4.90. The average molecular weight is 242 g/mol. The molecule has 0 unspecified atom stereocenters. The largest absolute Gasteiger partial charge is 0.398 e. The fourth-order valence-corrected chi connectivity index (χ4v) is 1.90. The smallest absolute Gasteiger partial charge is 0.254 e. The number of hydrogen-bond donors (Lipinski definition) is 1. The van der Waals surface area contributed by atoms with E-state index in [9.17, 15) is 4.79 Å². The van der Waals surface area contributed by atoms with Gasteiger partial charge in [0.2, 0.25) is 0 Å².